The first-order chi connectivity index (χ1) is 14.3. The van der Waals surface area contributed by atoms with E-state index in [-0.39, 0.29) is 24.7 Å². The van der Waals surface area contributed by atoms with Gasteiger partial charge in [-0.2, -0.15) is 0 Å². The number of nitrogens with one attached hydrogen (secondary N) is 2. The fourth-order valence-corrected chi connectivity index (χ4v) is 2.93. The van der Waals surface area contributed by atoms with Gasteiger partial charge in [-0.1, -0.05) is 6.07 Å². The maximum Gasteiger partial charge on any atom is 0.345 e. The van der Waals surface area contributed by atoms with Crippen molar-refractivity contribution in [3.8, 4) is 11.5 Å². The molecule has 1 aromatic carbocycles. The number of benzene rings is 1. The Morgan fingerprint density at radius 3 is 2.60 bits per heavy atom. The molecule has 0 saturated heterocycles. The van der Waals surface area contributed by atoms with E-state index >= 15 is 0 Å². The average molecular weight is 437 g/mol. The van der Waals surface area contributed by atoms with E-state index in [4.69, 9.17) is 14.2 Å². The summed E-state index contributed by atoms with van der Waals surface area (Å²) in [6.07, 6.45) is 0. The van der Waals surface area contributed by atoms with E-state index in [0.29, 0.717) is 0 Å². The molecule has 0 bridgehead atoms. The molecule has 0 unspecified atom stereocenters. The number of esters is 1. The monoisotopic (exact) mass is 437 g/mol. The van der Waals surface area contributed by atoms with Crippen LogP contribution in [0, 0.1) is 10.1 Å². The molecule has 0 aliphatic carbocycles. The van der Waals surface area contributed by atoms with Gasteiger partial charge in [0.1, 0.15) is 5.56 Å². The highest BCUT2D eigenvalue weighted by Crippen LogP contribution is 2.35. The number of nitro groups is 1. The number of carbonyl (C=O) groups excluding carboxylic acids is 3. The zero-order valence-corrected chi connectivity index (χ0v) is 16.9. The van der Waals surface area contributed by atoms with Crippen molar-refractivity contribution in [2.45, 2.75) is 13.5 Å². The fraction of sp³-hybridized carbons (Fsp3) is 0.278. The quantitative estimate of drug-likeness (QED) is 0.345. The van der Waals surface area contributed by atoms with Crippen molar-refractivity contribution in [1.29, 1.82) is 0 Å². The Hall–Kier alpha value is -3.67. The molecule has 0 aliphatic rings. The van der Waals surface area contributed by atoms with Gasteiger partial charge < -0.3 is 19.5 Å². The number of thiophene rings is 1. The molecule has 2 rings (SSSR count). The summed E-state index contributed by atoms with van der Waals surface area (Å²) >= 11 is 1.44. The minimum atomic E-state index is -1.13. The Kier molecular flexibility index (Phi) is 8.11. The van der Waals surface area contributed by atoms with E-state index in [1.165, 1.54) is 18.4 Å². The van der Waals surface area contributed by atoms with Crippen molar-refractivity contribution in [3.05, 3.63) is 50.2 Å². The van der Waals surface area contributed by atoms with E-state index < -0.39 is 40.7 Å². The van der Waals surface area contributed by atoms with Gasteiger partial charge in [0.25, 0.3) is 11.6 Å². The zero-order valence-electron chi connectivity index (χ0n) is 16.1. The Bertz CT molecular complexity index is 930. The third kappa shape index (κ3) is 6.17. The van der Waals surface area contributed by atoms with E-state index in [1.54, 1.807) is 6.92 Å². The van der Waals surface area contributed by atoms with Gasteiger partial charge in [0.2, 0.25) is 0 Å². The molecule has 0 fully saturated rings. The highest BCUT2D eigenvalue weighted by Gasteiger charge is 2.26. The first-order valence-corrected chi connectivity index (χ1v) is 9.50. The Morgan fingerprint density at radius 1 is 1.23 bits per heavy atom. The molecule has 11 nitrogen and oxygen atoms in total. The number of rotatable bonds is 9. The lowest BCUT2D eigenvalue weighted by molar-refractivity contribution is -0.385. The molecule has 0 radical (unpaired) electrons. The summed E-state index contributed by atoms with van der Waals surface area (Å²) in [4.78, 5) is 47.2. The van der Waals surface area contributed by atoms with Gasteiger partial charge in [-0.3, -0.25) is 20.2 Å². The van der Waals surface area contributed by atoms with Crippen LogP contribution in [0.5, 0.6) is 11.5 Å². The molecule has 0 saturated carbocycles. The normalized spacial score (nSPS) is 10.1. The first-order valence-electron chi connectivity index (χ1n) is 8.62. The SMILES string of the molecule is CCOc1cc([N+](=O)[O-])c(C(=O)OCC(=O)NC(=O)NCc2cccs2)cc1OC. The van der Waals surface area contributed by atoms with Crippen LogP contribution in [0.1, 0.15) is 22.2 Å². The number of imide groups is 1. The van der Waals surface area contributed by atoms with E-state index in [2.05, 4.69) is 5.32 Å². The number of hydrogen-bond acceptors (Lipinski definition) is 9. The molecule has 0 spiro atoms. The van der Waals surface area contributed by atoms with Gasteiger partial charge in [-0.15, -0.1) is 11.3 Å². The molecule has 2 aromatic rings. The van der Waals surface area contributed by atoms with Gasteiger partial charge in [0.05, 0.1) is 31.3 Å². The largest absolute Gasteiger partial charge is 0.493 e. The van der Waals surface area contributed by atoms with Crippen LogP contribution >= 0.6 is 11.3 Å². The van der Waals surface area contributed by atoms with Gasteiger partial charge in [-0.05, 0) is 18.4 Å². The molecular formula is C18H19N3O8S. The summed E-state index contributed by atoms with van der Waals surface area (Å²) in [5.41, 5.74) is -0.992. The van der Waals surface area contributed by atoms with Crippen molar-refractivity contribution in [1.82, 2.24) is 10.6 Å². The fourth-order valence-electron chi connectivity index (χ4n) is 2.29. The van der Waals surface area contributed by atoms with E-state index in [1.807, 2.05) is 22.8 Å². The molecule has 3 amide bonds. The number of urea groups is 1. The molecule has 0 aliphatic heterocycles. The Balaban J connectivity index is 1.98. The molecule has 1 heterocycles. The van der Waals surface area contributed by atoms with Gasteiger partial charge in [0.15, 0.2) is 18.1 Å². The molecule has 2 N–H and O–H groups in total. The third-order valence-electron chi connectivity index (χ3n) is 3.59. The summed E-state index contributed by atoms with van der Waals surface area (Å²) in [5, 5.41) is 17.6. The number of methoxy groups -OCH3 is 1. The summed E-state index contributed by atoms with van der Waals surface area (Å²) in [6.45, 7) is 1.33. The summed E-state index contributed by atoms with van der Waals surface area (Å²) in [5.74, 6) is -1.85. The number of amides is 3. The number of nitrogens with zero attached hydrogens (tertiary/aromatic N) is 1. The maximum absolute atomic E-state index is 12.3. The highest BCUT2D eigenvalue weighted by atomic mass is 32.1. The first kappa shape index (κ1) is 22.6. The van der Waals surface area contributed by atoms with Crippen molar-refractivity contribution >= 4 is 34.9 Å². The smallest absolute Gasteiger partial charge is 0.345 e. The van der Waals surface area contributed by atoms with Crippen LogP contribution in [0.25, 0.3) is 0 Å². The lowest BCUT2D eigenvalue weighted by Gasteiger charge is -2.11. The van der Waals surface area contributed by atoms with Crippen LogP contribution in [0.15, 0.2) is 29.6 Å². The topological polar surface area (TPSA) is 146 Å². The lowest BCUT2D eigenvalue weighted by atomic mass is 10.1. The van der Waals surface area contributed by atoms with E-state index in [9.17, 15) is 24.5 Å². The van der Waals surface area contributed by atoms with Crippen molar-refractivity contribution in [2.75, 3.05) is 20.3 Å². The molecule has 160 valence electrons. The second kappa shape index (κ2) is 10.8. The van der Waals surface area contributed by atoms with Gasteiger partial charge >= 0.3 is 12.0 Å². The molecule has 12 heteroatoms. The number of ether oxygens (including phenoxy) is 3. The van der Waals surface area contributed by atoms with Crippen LogP contribution in [0.4, 0.5) is 10.5 Å². The van der Waals surface area contributed by atoms with Crippen molar-refractivity contribution in [2.24, 2.45) is 0 Å². The molecule has 30 heavy (non-hydrogen) atoms. The maximum atomic E-state index is 12.3. The predicted molar refractivity (Wildman–Crippen MR) is 106 cm³/mol. The summed E-state index contributed by atoms with van der Waals surface area (Å²) in [6, 6.07) is 5.00. The minimum absolute atomic E-state index is 0.0865. The van der Waals surface area contributed by atoms with Gasteiger partial charge in [0, 0.05) is 10.9 Å². The number of carbonyl (C=O) groups is 3. The lowest BCUT2D eigenvalue weighted by Crippen LogP contribution is -2.41. The van der Waals surface area contributed by atoms with Crippen molar-refractivity contribution in [3.63, 3.8) is 0 Å². The van der Waals surface area contributed by atoms with Crippen molar-refractivity contribution < 1.29 is 33.5 Å². The minimum Gasteiger partial charge on any atom is -0.493 e. The van der Waals surface area contributed by atoms with E-state index in [0.717, 1.165) is 17.0 Å². The van der Waals surface area contributed by atoms with Crippen LogP contribution in [-0.4, -0.2) is 43.2 Å². The number of hydrogen-bond donors (Lipinski definition) is 2. The molecule has 0 atom stereocenters. The average Bonchev–Trinajstić information content (AvgIpc) is 3.24. The van der Waals surface area contributed by atoms with Crippen LogP contribution in [0.2, 0.25) is 0 Å². The predicted octanol–water partition coefficient (Wildman–Crippen LogP) is 2.25. The zero-order chi connectivity index (χ0) is 22.1. The molecular weight excluding hydrogens is 418 g/mol. The summed E-state index contributed by atoms with van der Waals surface area (Å²) in [7, 11) is 1.31. The third-order valence-corrected chi connectivity index (χ3v) is 4.47. The van der Waals surface area contributed by atoms with Crippen LogP contribution < -0.4 is 20.1 Å². The standard InChI is InChI=1S/C18H19N3O8S/c1-3-28-15-8-13(21(25)26)12(7-14(15)27-2)17(23)29-10-16(22)20-18(24)19-9-11-5-4-6-30-11/h4-8H,3,9-10H2,1-2H3,(H2,19,20,22,24). The number of nitro benzene ring substituents is 1. The van der Waals surface area contributed by atoms with Crippen LogP contribution in [-0.2, 0) is 16.1 Å². The van der Waals surface area contributed by atoms with Gasteiger partial charge in [-0.25, -0.2) is 9.59 Å². The highest BCUT2D eigenvalue weighted by molar-refractivity contribution is 7.09. The second-order valence-corrected chi connectivity index (χ2v) is 6.63. The Labute approximate surface area is 175 Å². The molecule has 1 aromatic heterocycles. The van der Waals surface area contributed by atoms with Crippen LogP contribution in [0.3, 0.4) is 0 Å². The Morgan fingerprint density at radius 2 is 2.00 bits per heavy atom. The second-order valence-electron chi connectivity index (χ2n) is 5.60. The summed E-state index contributed by atoms with van der Waals surface area (Å²) < 4.78 is 15.1.